The summed E-state index contributed by atoms with van der Waals surface area (Å²) in [7, 11) is 0. The number of benzene rings is 1. The van der Waals surface area contributed by atoms with Crippen LogP contribution in [0, 0.1) is 0 Å². The van der Waals surface area contributed by atoms with Crippen molar-refractivity contribution in [3.63, 3.8) is 0 Å². The average Bonchev–Trinajstić information content (AvgIpc) is 3.21. The van der Waals surface area contributed by atoms with E-state index in [-0.39, 0.29) is 5.56 Å². The predicted octanol–water partition coefficient (Wildman–Crippen LogP) is 3.10. The summed E-state index contributed by atoms with van der Waals surface area (Å²) in [5, 5.41) is 0. The smallest absolute Gasteiger partial charge is 0.258 e. The molecule has 3 aromatic rings. The second-order valence-corrected chi connectivity index (χ2v) is 8.00. The van der Waals surface area contributed by atoms with Crippen molar-refractivity contribution in [3.05, 3.63) is 82.9 Å². The van der Waals surface area contributed by atoms with Crippen molar-refractivity contribution in [2.45, 2.75) is 25.5 Å². The third-order valence-electron chi connectivity index (χ3n) is 6.04. The molecule has 2 fully saturated rings. The number of aromatic nitrogens is 2. The minimum Gasteiger partial charge on any atom is -0.489 e. The lowest BCUT2D eigenvalue weighted by molar-refractivity contribution is 0.129. The van der Waals surface area contributed by atoms with Crippen LogP contribution in [-0.2, 0) is 6.61 Å². The van der Waals surface area contributed by atoms with Gasteiger partial charge in [0.1, 0.15) is 18.2 Å². The number of hydrogen-bond donors (Lipinski definition) is 0. The van der Waals surface area contributed by atoms with Crippen LogP contribution in [0.5, 0.6) is 5.75 Å². The molecule has 6 nitrogen and oxygen atoms in total. The molecule has 154 valence electrons. The second kappa shape index (κ2) is 8.32. The highest BCUT2D eigenvalue weighted by Gasteiger charge is 2.31. The first kappa shape index (κ1) is 18.9. The van der Waals surface area contributed by atoms with Crippen molar-refractivity contribution in [2.24, 2.45) is 0 Å². The fourth-order valence-corrected chi connectivity index (χ4v) is 4.17. The predicted molar refractivity (Wildman–Crippen MR) is 117 cm³/mol. The monoisotopic (exact) mass is 402 g/mol. The number of ether oxygens (including phenoxy) is 1. The molecule has 2 saturated heterocycles. The van der Waals surface area contributed by atoms with Gasteiger partial charge in [-0.3, -0.25) is 14.3 Å². The molecule has 2 aromatic heterocycles. The fraction of sp³-hybridized carbons (Fsp3) is 0.333. The van der Waals surface area contributed by atoms with E-state index in [0.717, 1.165) is 30.2 Å². The van der Waals surface area contributed by atoms with Crippen LogP contribution in [0.1, 0.15) is 18.4 Å². The Morgan fingerprint density at radius 3 is 2.60 bits per heavy atom. The normalized spacial score (nSPS) is 18.9. The van der Waals surface area contributed by atoms with Gasteiger partial charge in [-0.15, -0.1) is 0 Å². The quantitative estimate of drug-likeness (QED) is 0.634. The summed E-state index contributed by atoms with van der Waals surface area (Å²) in [6.07, 6.45) is 6.05. The summed E-state index contributed by atoms with van der Waals surface area (Å²) in [6.45, 7) is 4.99. The number of hydrogen-bond acceptors (Lipinski definition) is 5. The Bertz CT molecular complexity index is 1040. The molecule has 30 heavy (non-hydrogen) atoms. The van der Waals surface area contributed by atoms with E-state index in [0.29, 0.717) is 18.4 Å². The third-order valence-corrected chi connectivity index (χ3v) is 6.04. The highest BCUT2D eigenvalue weighted by Crippen LogP contribution is 2.24. The molecule has 2 aliphatic heterocycles. The summed E-state index contributed by atoms with van der Waals surface area (Å²) < 4.78 is 7.35. The number of likely N-dealkylation sites (tertiary alicyclic amines) is 1. The van der Waals surface area contributed by atoms with Gasteiger partial charge in [0.2, 0.25) is 0 Å². The first-order chi connectivity index (χ1) is 14.8. The Morgan fingerprint density at radius 1 is 1.03 bits per heavy atom. The molecule has 0 aliphatic carbocycles. The van der Waals surface area contributed by atoms with Crippen molar-refractivity contribution in [1.82, 2.24) is 14.5 Å². The number of nitrogens with zero attached hydrogens (tertiary/aromatic N) is 4. The van der Waals surface area contributed by atoms with E-state index < -0.39 is 0 Å². The van der Waals surface area contributed by atoms with Gasteiger partial charge in [0.05, 0.1) is 11.9 Å². The van der Waals surface area contributed by atoms with Crippen molar-refractivity contribution in [3.8, 4) is 11.4 Å². The largest absolute Gasteiger partial charge is 0.489 e. The van der Waals surface area contributed by atoms with Gasteiger partial charge in [0, 0.05) is 31.4 Å². The zero-order valence-corrected chi connectivity index (χ0v) is 17.0. The van der Waals surface area contributed by atoms with Gasteiger partial charge in [0.25, 0.3) is 5.56 Å². The third kappa shape index (κ3) is 3.96. The molecule has 1 atom stereocenters. The van der Waals surface area contributed by atoms with Crippen molar-refractivity contribution < 1.29 is 4.74 Å². The SMILES string of the molecule is O=c1cc(OCc2ccccc2)ccn1-c1ccc(N2CCC(N3CCC3)C2)nc1. The minimum absolute atomic E-state index is 0.130. The first-order valence-corrected chi connectivity index (χ1v) is 10.6. The van der Waals surface area contributed by atoms with Gasteiger partial charge in [-0.1, -0.05) is 30.3 Å². The second-order valence-electron chi connectivity index (χ2n) is 8.00. The molecular formula is C24H26N4O2. The zero-order valence-electron chi connectivity index (χ0n) is 17.0. The highest BCUT2D eigenvalue weighted by atomic mass is 16.5. The van der Waals surface area contributed by atoms with E-state index in [1.807, 2.05) is 48.5 Å². The van der Waals surface area contributed by atoms with Crippen LogP contribution in [0.25, 0.3) is 5.69 Å². The Labute approximate surface area is 176 Å². The maximum absolute atomic E-state index is 12.6. The molecule has 0 N–H and O–H groups in total. The van der Waals surface area contributed by atoms with E-state index in [2.05, 4.69) is 14.8 Å². The maximum Gasteiger partial charge on any atom is 0.258 e. The van der Waals surface area contributed by atoms with E-state index in [9.17, 15) is 4.79 Å². The van der Waals surface area contributed by atoms with E-state index in [4.69, 9.17) is 4.74 Å². The highest BCUT2D eigenvalue weighted by molar-refractivity contribution is 5.45. The average molecular weight is 402 g/mol. The van der Waals surface area contributed by atoms with Crippen LogP contribution in [0.2, 0.25) is 0 Å². The van der Waals surface area contributed by atoms with Gasteiger partial charge in [-0.25, -0.2) is 4.98 Å². The Balaban J connectivity index is 1.24. The summed E-state index contributed by atoms with van der Waals surface area (Å²) in [6, 6.07) is 17.9. The van der Waals surface area contributed by atoms with Crippen molar-refractivity contribution >= 4 is 5.82 Å². The molecule has 5 rings (SSSR count). The van der Waals surface area contributed by atoms with Gasteiger partial charge in [-0.2, -0.15) is 0 Å². The molecule has 0 saturated carbocycles. The summed E-state index contributed by atoms with van der Waals surface area (Å²) in [5.41, 5.74) is 1.70. The molecule has 6 heteroatoms. The maximum atomic E-state index is 12.6. The zero-order chi connectivity index (χ0) is 20.3. The summed E-state index contributed by atoms with van der Waals surface area (Å²) in [4.78, 5) is 22.1. The Kier molecular flexibility index (Phi) is 5.24. The molecule has 4 heterocycles. The molecule has 1 aromatic carbocycles. The Morgan fingerprint density at radius 2 is 1.90 bits per heavy atom. The molecule has 1 unspecified atom stereocenters. The lowest BCUT2D eigenvalue weighted by Gasteiger charge is -2.36. The van der Waals surface area contributed by atoms with Gasteiger partial charge in [0.15, 0.2) is 0 Å². The Hall–Kier alpha value is -3.12. The van der Waals surface area contributed by atoms with Crippen LogP contribution in [0.4, 0.5) is 5.82 Å². The topological polar surface area (TPSA) is 50.6 Å². The minimum atomic E-state index is -0.130. The number of rotatable bonds is 6. The number of pyridine rings is 2. The lowest BCUT2D eigenvalue weighted by Crippen LogP contribution is -2.46. The molecule has 0 bridgehead atoms. The number of anilines is 1. The molecule has 2 aliphatic rings. The summed E-state index contributed by atoms with van der Waals surface area (Å²) >= 11 is 0. The standard InChI is InChI=1S/C24H26N4O2/c29-24-15-22(30-18-19-5-2-1-3-6-19)10-14-28(24)20-7-8-23(25-16-20)27-13-9-21(17-27)26-11-4-12-26/h1-3,5-8,10,14-16,21H,4,9,11-13,17-18H2. The molecule has 0 radical (unpaired) electrons. The first-order valence-electron chi connectivity index (χ1n) is 10.6. The van der Waals surface area contributed by atoms with Crippen LogP contribution < -0.4 is 15.2 Å². The van der Waals surface area contributed by atoms with E-state index >= 15 is 0 Å². The van der Waals surface area contributed by atoms with Crippen molar-refractivity contribution in [1.29, 1.82) is 0 Å². The van der Waals surface area contributed by atoms with Gasteiger partial charge >= 0.3 is 0 Å². The van der Waals surface area contributed by atoms with Crippen LogP contribution in [0.15, 0.2) is 71.8 Å². The van der Waals surface area contributed by atoms with E-state index in [1.165, 1.54) is 32.0 Å². The van der Waals surface area contributed by atoms with Crippen LogP contribution in [-0.4, -0.2) is 46.7 Å². The lowest BCUT2D eigenvalue weighted by atomic mass is 10.1. The van der Waals surface area contributed by atoms with Gasteiger partial charge in [-0.05, 0) is 49.7 Å². The summed E-state index contributed by atoms with van der Waals surface area (Å²) in [5.74, 6) is 1.55. The fourth-order valence-electron chi connectivity index (χ4n) is 4.17. The van der Waals surface area contributed by atoms with E-state index in [1.54, 1.807) is 17.0 Å². The van der Waals surface area contributed by atoms with Crippen molar-refractivity contribution in [2.75, 3.05) is 31.1 Å². The van der Waals surface area contributed by atoms with Gasteiger partial charge < -0.3 is 9.64 Å². The molecule has 0 spiro atoms. The van der Waals surface area contributed by atoms with Crippen LogP contribution >= 0.6 is 0 Å². The molecular weight excluding hydrogens is 376 g/mol. The molecule has 0 amide bonds. The van der Waals surface area contributed by atoms with Crippen LogP contribution in [0.3, 0.4) is 0 Å².